The van der Waals surface area contributed by atoms with Crippen molar-refractivity contribution in [2.45, 2.75) is 13.0 Å². The molecule has 21 heavy (non-hydrogen) atoms. The van der Waals surface area contributed by atoms with Gasteiger partial charge in [0.2, 0.25) is 0 Å². The van der Waals surface area contributed by atoms with Crippen molar-refractivity contribution < 1.29 is 4.74 Å². The van der Waals surface area contributed by atoms with Gasteiger partial charge < -0.3 is 10.5 Å². The highest BCUT2D eigenvalue weighted by atomic mass is 35.5. The van der Waals surface area contributed by atoms with E-state index in [1.807, 2.05) is 24.3 Å². The first-order valence-corrected chi connectivity index (χ1v) is 7.20. The van der Waals surface area contributed by atoms with Gasteiger partial charge >= 0.3 is 0 Å². The van der Waals surface area contributed by atoms with Crippen molar-refractivity contribution in [3.05, 3.63) is 63.1 Å². The fourth-order valence-corrected chi connectivity index (χ4v) is 2.45. The average molecular weight is 321 g/mol. The van der Waals surface area contributed by atoms with Crippen LogP contribution in [0.4, 0.5) is 0 Å². The topological polar surface area (TPSA) is 59.0 Å². The molecule has 2 N–H and O–H groups in total. The number of nitrogens with two attached hydrogens (primary N) is 1. The molecule has 0 heterocycles. The van der Waals surface area contributed by atoms with E-state index in [1.165, 1.54) is 0 Å². The van der Waals surface area contributed by atoms with Crippen molar-refractivity contribution in [1.82, 2.24) is 0 Å². The number of hydrogen-bond donors (Lipinski definition) is 1. The van der Waals surface area contributed by atoms with Crippen LogP contribution in [0.15, 0.2) is 36.4 Å². The fraction of sp³-hybridized carbons (Fsp3) is 0.188. The van der Waals surface area contributed by atoms with Crippen LogP contribution in [-0.2, 0) is 13.0 Å². The molecule has 2 aromatic carbocycles. The molecule has 0 fully saturated rings. The Morgan fingerprint density at radius 3 is 2.62 bits per heavy atom. The van der Waals surface area contributed by atoms with Crippen molar-refractivity contribution in [3.8, 4) is 11.8 Å². The highest BCUT2D eigenvalue weighted by molar-refractivity contribution is 6.31. The molecule has 0 radical (unpaired) electrons. The van der Waals surface area contributed by atoms with E-state index < -0.39 is 0 Å². The Balaban J connectivity index is 2.17. The second-order valence-electron chi connectivity index (χ2n) is 4.46. The van der Waals surface area contributed by atoms with Gasteiger partial charge in [-0.05, 0) is 37.2 Å². The first-order chi connectivity index (χ1) is 10.2. The van der Waals surface area contributed by atoms with Crippen molar-refractivity contribution in [2.75, 3.05) is 6.54 Å². The Morgan fingerprint density at radius 1 is 1.14 bits per heavy atom. The lowest BCUT2D eigenvalue weighted by Crippen LogP contribution is -2.06. The molecular weight excluding hydrogens is 307 g/mol. The molecule has 5 heteroatoms. The van der Waals surface area contributed by atoms with Crippen molar-refractivity contribution in [1.29, 1.82) is 5.26 Å². The summed E-state index contributed by atoms with van der Waals surface area (Å²) in [6.45, 7) is 0.806. The summed E-state index contributed by atoms with van der Waals surface area (Å²) in [5, 5.41) is 9.97. The molecular formula is C16H14Cl2N2O. The second kappa shape index (κ2) is 7.33. The summed E-state index contributed by atoms with van der Waals surface area (Å²) >= 11 is 12.3. The van der Waals surface area contributed by atoms with E-state index in [9.17, 15) is 0 Å². The molecule has 0 aliphatic rings. The highest BCUT2D eigenvalue weighted by Gasteiger charge is 2.09. The molecule has 0 bridgehead atoms. The quantitative estimate of drug-likeness (QED) is 0.907. The van der Waals surface area contributed by atoms with Crippen molar-refractivity contribution in [3.63, 3.8) is 0 Å². The molecule has 0 amide bonds. The third kappa shape index (κ3) is 3.89. The summed E-state index contributed by atoms with van der Waals surface area (Å²) in [5.41, 5.74) is 7.83. The van der Waals surface area contributed by atoms with Gasteiger partial charge in [-0.1, -0.05) is 35.3 Å². The van der Waals surface area contributed by atoms with E-state index in [1.54, 1.807) is 18.2 Å². The van der Waals surface area contributed by atoms with E-state index in [-0.39, 0.29) is 0 Å². The third-order valence-electron chi connectivity index (χ3n) is 3.04. The van der Waals surface area contributed by atoms with Gasteiger partial charge in [0.05, 0.1) is 11.6 Å². The summed E-state index contributed by atoms with van der Waals surface area (Å²) in [6.07, 6.45) is 0.649. The minimum absolute atomic E-state index is 0.308. The van der Waals surface area contributed by atoms with Gasteiger partial charge in [-0.3, -0.25) is 0 Å². The van der Waals surface area contributed by atoms with E-state index in [0.717, 1.165) is 11.1 Å². The van der Waals surface area contributed by atoms with Crippen LogP contribution >= 0.6 is 23.2 Å². The minimum Gasteiger partial charge on any atom is -0.489 e. The molecule has 3 nitrogen and oxygen atoms in total. The SMILES string of the molecule is N#Cc1ccc(COc2cccc(Cl)c2CCN)c(Cl)c1. The monoisotopic (exact) mass is 320 g/mol. The van der Waals surface area contributed by atoms with Gasteiger partial charge in [-0.25, -0.2) is 0 Å². The number of nitrogens with zero attached hydrogens (tertiary/aromatic N) is 1. The van der Waals surface area contributed by atoms with Gasteiger partial charge in [0.25, 0.3) is 0 Å². The van der Waals surface area contributed by atoms with Crippen LogP contribution in [0.25, 0.3) is 0 Å². The zero-order valence-electron chi connectivity index (χ0n) is 11.3. The maximum Gasteiger partial charge on any atom is 0.124 e. The molecule has 0 aliphatic carbocycles. The molecule has 0 saturated heterocycles. The van der Waals surface area contributed by atoms with E-state index in [2.05, 4.69) is 0 Å². The summed E-state index contributed by atoms with van der Waals surface area (Å²) < 4.78 is 5.80. The van der Waals surface area contributed by atoms with E-state index >= 15 is 0 Å². The maximum absolute atomic E-state index is 8.82. The molecule has 0 spiro atoms. The summed E-state index contributed by atoms with van der Waals surface area (Å²) in [7, 11) is 0. The normalized spacial score (nSPS) is 10.2. The van der Waals surface area contributed by atoms with Crippen LogP contribution in [0.1, 0.15) is 16.7 Å². The standard InChI is InChI=1S/C16H14Cl2N2O/c17-14-2-1-3-16(13(14)6-7-19)21-10-12-5-4-11(9-20)8-15(12)18/h1-5,8H,6-7,10,19H2. The molecule has 2 rings (SSSR count). The predicted octanol–water partition coefficient (Wildman–Crippen LogP) is 3.95. The maximum atomic E-state index is 8.82. The lowest BCUT2D eigenvalue weighted by Gasteiger charge is -2.13. The molecule has 108 valence electrons. The first-order valence-electron chi connectivity index (χ1n) is 6.44. The lowest BCUT2D eigenvalue weighted by atomic mass is 10.1. The Bertz CT molecular complexity index is 680. The number of hydrogen-bond acceptors (Lipinski definition) is 3. The number of nitriles is 1. The highest BCUT2D eigenvalue weighted by Crippen LogP contribution is 2.28. The van der Waals surface area contributed by atoms with Crippen LogP contribution in [-0.4, -0.2) is 6.54 Å². The first kappa shape index (κ1) is 15.7. The second-order valence-corrected chi connectivity index (χ2v) is 5.28. The summed E-state index contributed by atoms with van der Waals surface area (Å²) in [5.74, 6) is 0.702. The van der Waals surface area contributed by atoms with Gasteiger partial charge in [-0.2, -0.15) is 5.26 Å². The Hall–Kier alpha value is -1.73. The number of ether oxygens (including phenoxy) is 1. The van der Waals surface area contributed by atoms with Crippen LogP contribution < -0.4 is 10.5 Å². The molecule has 0 atom stereocenters. The lowest BCUT2D eigenvalue weighted by molar-refractivity contribution is 0.303. The Labute approximate surface area is 133 Å². The average Bonchev–Trinajstić information content (AvgIpc) is 2.49. The molecule has 0 aliphatic heterocycles. The van der Waals surface area contributed by atoms with Crippen LogP contribution in [0.2, 0.25) is 10.0 Å². The Morgan fingerprint density at radius 2 is 1.95 bits per heavy atom. The summed E-state index contributed by atoms with van der Waals surface area (Å²) in [4.78, 5) is 0. The molecule has 2 aromatic rings. The number of halogens is 2. The van der Waals surface area contributed by atoms with Gasteiger partial charge in [-0.15, -0.1) is 0 Å². The number of benzene rings is 2. The van der Waals surface area contributed by atoms with E-state index in [0.29, 0.717) is 40.9 Å². The zero-order valence-corrected chi connectivity index (χ0v) is 12.8. The molecule has 0 unspecified atom stereocenters. The fourth-order valence-electron chi connectivity index (χ4n) is 1.95. The minimum atomic E-state index is 0.308. The van der Waals surface area contributed by atoms with Crippen LogP contribution in [0, 0.1) is 11.3 Å². The van der Waals surface area contributed by atoms with Gasteiger partial charge in [0.1, 0.15) is 12.4 Å². The third-order valence-corrected chi connectivity index (χ3v) is 3.74. The van der Waals surface area contributed by atoms with Gasteiger partial charge in [0.15, 0.2) is 0 Å². The smallest absolute Gasteiger partial charge is 0.124 e. The Kier molecular flexibility index (Phi) is 5.46. The van der Waals surface area contributed by atoms with Crippen LogP contribution in [0.5, 0.6) is 5.75 Å². The largest absolute Gasteiger partial charge is 0.489 e. The predicted molar refractivity (Wildman–Crippen MR) is 84.7 cm³/mol. The van der Waals surface area contributed by atoms with Crippen LogP contribution in [0.3, 0.4) is 0 Å². The molecule has 0 aromatic heterocycles. The van der Waals surface area contributed by atoms with Gasteiger partial charge in [0, 0.05) is 21.2 Å². The van der Waals surface area contributed by atoms with Crippen molar-refractivity contribution in [2.24, 2.45) is 5.73 Å². The molecule has 0 saturated carbocycles. The summed E-state index contributed by atoms with van der Waals surface area (Å²) in [6, 6.07) is 12.7. The van der Waals surface area contributed by atoms with Crippen molar-refractivity contribution >= 4 is 23.2 Å². The van der Waals surface area contributed by atoms with E-state index in [4.69, 9.17) is 38.9 Å². The number of rotatable bonds is 5. The zero-order chi connectivity index (χ0) is 15.2.